The number of aromatic nitrogens is 3. The van der Waals surface area contributed by atoms with E-state index in [0.29, 0.717) is 23.5 Å². The number of hydrogen-bond acceptors (Lipinski definition) is 4. The van der Waals surface area contributed by atoms with Crippen molar-refractivity contribution < 1.29 is 13.9 Å². The lowest BCUT2D eigenvalue weighted by Gasteiger charge is -2.11. The van der Waals surface area contributed by atoms with Gasteiger partial charge in [-0.3, -0.25) is 14.0 Å². The molecule has 2 aromatic carbocycles. The highest BCUT2D eigenvalue weighted by atomic mass is 19.1. The molecule has 0 saturated carbocycles. The van der Waals surface area contributed by atoms with Gasteiger partial charge in [-0.1, -0.05) is 25.1 Å². The number of benzene rings is 2. The zero-order chi connectivity index (χ0) is 21.3. The van der Waals surface area contributed by atoms with Crippen LogP contribution in [0.25, 0.3) is 16.4 Å². The Bertz CT molecular complexity index is 1290. The zero-order valence-corrected chi connectivity index (χ0v) is 16.7. The number of halogens is 1. The molecule has 0 spiro atoms. The number of nitrogens with zero attached hydrogens (tertiary/aromatic N) is 3. The number of hydrogen-bond donors (Lipinski definition) is 1. The fourth-order valence-electron chi connectivity index (χ4n) is 3.51. The van der Waals surface area contributed by atoms with Gasteiger partial charge in [0.05, 0.1) is 12.6 Å². The first-order chi connectivity index (χ1) is 14.5. The Labute approximate surface area is 171 Å². The Hall–Kier alpha value is -3.68. The molecule has 4 rings (SSSR count). The third-order valence-electron chi connectivity index (χ3n) is 4.99. The smallest absolute Gasteiger partial charge is 0.291 e. The molecule has 30 heavy (non-hydrogen) atoms. The van der Waals surface area contributed by atoms with Crippen LogP contribution in [-0.4, -0.2) is 27.2 Å². The van der Waals surface area contributed by atoms with Crippen LogP contribution in [0.1, 0.15) is 18.3 Å². The molecule has 4 aromatic rings. The molecule has 0 saturated heterocycles. The van der Waals surface area contributed by atoms with Gasteiger partial charge in [-0.2, -0.15) is 5.10 Å². The van der Waals surface area contributed by atoms with E-state index >= 15 is 0 Å². The van der Waals surface area contributed by atoms with Crippen molar-refractivity contribution in [2.45, 2.75) is 26.4 Å². The largest absolute Gasteiger partial charge is 0.496 e. The van der Waals surface area contributed by atoms with Crippen LogP contribution in [0.4, 0.5) is 4.39 Å². The highest BCUT2D eigenvalue weighted by Gasteiger charge is 2.17. The topological polar surface area (TPSA) is 77.6 Å². The van der Waals surface area contributed by atoms with Crippen molar-refractivity contribution in [1.29, 1.82) is 0 Å². The van der Waals surface area contributed by atoms with E-state index in [1.165, 1.54) is 16.8 Å². The van der Waals surface area contributed by atoms with E-state index in [2.05, 4.69) is 10.4 Å². The lowest BCUT2D eigenvalue weighted by molar-refractivity contribution is -0.122. The van der Waals surface area contributed by atoms with E-state index in [1.807, 2.05) is 29.5 Å². The summed E-state index contributed by atoms with van der Waals surface area (Å²) >= 11 is 0. The standard InChI is InChI=1S/C22H21FN4O3/c1-3-20-25-26(13-21(28)24-12-14-7-9-15(23)10-8-14)22(29)18-11-16-17(27(18)20)5-4-6-19(16)30-2/h4-11H,3,12-13H2,1-2H3,(H,24,28). The van der Waals surface area contributed by atoms with Crippen LogP contribution in [0.5, 0.6) is 5.75 Å². The lowest BCUT2D eigenvalue weighted by Crippen LogP contribution is -2.35. The molecule has 0 fully saturated rings. The number of carbonyl (C=O) groups excluding carboxylic acids is 1. The summed E-state index contributed by atoms with van der Waals surface area (Å²) in [6, 6.07) is 13.2. The monoisotopic (exact) mass is 408 g/mol. The Balaban J connectivity index is 1.66. The third-order valence-corrected chi connectivity index (χ3v) is 4.99. The maximum absolute atomic E-state index is 13.0. The van der Waals surface area contributed by atoms with E-state index in [4.69, 9.17) is 4.74 Å². The Morgan fingerprint density at radius 1 is 1.17 bits per heavy atom. The summed E-state index contributed by atoms with van der Waals surface area (Å²) in [5.41, 5.74) is 1.67. The van der Waals surface area contributed by atoms with Crippen molar-refractivity contribution in [3.8, 4) is 5.75 Å². The summed E-state index contributed by atoms with van der Waals surface area (Å²) in [5, 5.41) is 7.97. The fraction of sp³-hybridized carbons (Fsp3) is 0.227. The molecule has 8 heteroatoms. The van der Waals surface area contributed by atoms with Gasteiger partial charge in [0.15, 0.2) is 0 Å². The number of rotatable bonds is 6. The van der Waals surface area contributed by atoms with Gasteiger partial charge in [-0.15, -0.1) is 0 Å². The van der Waals surface area contributed by atoms with Gasteiger partial charge >= 0.3 is 0 Å². The molecule has 0 atom stereocenters. The summed E-state index contributed by atoms with van der Waals surface area (Å²) in [7, 11) is 1.58. The minimum absolute atomic E-state index is 0.206. The first-order valence-electron chi connectivity index (χ1n) is 9.61. The summed E-state index contributed by atoms with van der Waals surface area (Å²) in [6.45, 7) is 1.97. The molecule has 0 aliphatic rings. The van der Waals surface area contributed by atoms with Gasteiger partial charge in [0.25, 0.3) is 5.56 Å². The Morgan fingerprint density at radius 2 is 1.93 bits per heavy atom. The number of fused-ring (bicyclic) bond motifs is 3. The summed E-state index contributed by atoms with van der Waals surface area (Å²) < 4.78 is 21.4. The molecule has 7 nitrogen and oxygen atoms in total. The average molecular weight is 408 g/mol. The van der Waals surface area contributed by atoms with Gasteiger partial charge in [-0.05, 0) is 35.9 Å². The highest BCUT2D eigenvalue weighted by Crippen LogP contribution is 2.28. The van der Waals surface area contributed by atoms with E-state index in [0.717, 1.165) is 16.5 Å². The number of carbonyl (C=O) groups is 1. The number of methoxy groups -OCH3 is 1. The molecule has 0 unspecified atom stereocenters. The summed E-state index contributed by atoms with van der Waals surface area (Å²) in [6.07, 6.45) is 0.578. The van der Waals surface area contributed by atoms with Crippen LogP contribution in [0.15, 0.2) is 53.3 Å². The first kappa shape index (κ1) is 19.6. The van der Waals surface area contributed by atoms with Crippen LogP contribution in [0.3, 0.4) is 0 Å². The van der Waals surface area contributed by atoms with Crippen molar-refractivity contribution in [2.75, 3.05) is 7.11 Å². The molecular weight excluding hydrogens is 387 g/mol. The SMILES string of the molecule is CCc1nn(CC(=O)NCc2ccc(F)cc2)c(=O)c2cc3c(OC)cccc3n12. The maximum Gasteiger partial charge on any atom is 0.291 e. The Morgan fingerprint density at radius 3 is 2.63 bits per heavy atom. The Kier molecular flexibility index (Phi) is 5.22. The zero-order valence-electron chi connectivity index (χ0n) is 16.7. The van der Waals surface area contributed by atoms with E-state index in [1.54, 1.807) is 25.3 Å². The normalized spacial score (nSPS) is 11.2. The van der Waals surface area contributed by atoms with Crippen molar-refractivity contribution in [2.24, 2.45) is 0 Å². The van der Waals surface area contributed by atoms with E-state index in [-0.39, 0.29) is 30.4 Å². The molecule has 0 bridgehead atoms. The number of nitrogens with one attached hydrogen (secondary N) is 1. The van der Waals surface area contributed by atoms with Gasteiger partial charge in [-0.25, -0.2) is 9.07 Å². The maximum atomic E-state index is 13.0. The quantitative estimate of drug-likeness (QED) is 0.532. The fourth-order valence-corrected chi connectivity index (χ4v) is 3.51. The van der Waals surface area contributed by atoms with Crippen LogP contribution in [0.2, 0.25) is 0 Å². The van der Waals surface area contributed by atoms with E-state index < -0.39 is 0 Å². The van der Waals surface area contributed by atoms with Gasteiger partial charge < -0.3 is 10.1 Å². The molecule has 2 aromatic heterocycles. The molecular formula is C22H21FN4O3. The van der Waals surface area contributed by atoms with Gasteiger partial charge in [0.2, 0.25) is 5.91 Å². The average Bonchev–Trinajstić information content (AvgIpc) is 3.15. The summed E-state index contributed by atoms with van der Waals surface area (Å²) in [5.74, 6) is 0.645. The molecule has 1 N–H and O–H groups in total. The molecule has 0 aliphatic carbocycles. The van der Waals surface area contributed by atoms with Crippen molar-refractivity contribution in [3.63, 3.8) is 0 Å². The molecule has 2 heterocycles. The van der Waals surface area contributed by atoms with Crippen molar-refractivity contribution in [3.05, 3.63) is 76.1 Å². The highest BCUT2D eigenvalue weighted by molar-refractivity contribution is 5.92. The van der Waals surface area contributed by atoms with E-state index in [9.17, 15) is 14.0 Å². The van der Waals surface area contributed by atoms with Crippen molar-refractivity contribution >= 4 is 22.3 Å². The minimum Gasteiger partial charge on any atom is -0.496 e. The van der Waals surface area contributed by atoms with Gasteiger partial charge in [0.1, 0.15) is 29.5 Å². The van der Waals surface area contributed by atoms with Crippen LogP contribution in [-0.2, 0) is 24.3 Å². The minimum atomic E-state index is -0.359. The lowest BCUT2D eigenvalue weighted by atomic mass is 10.2. The van der Waals surface area contributed by atoms with Crippen LogP contribution in [0, 0.1) is 5.82 Å². The number of ether oxygens (including phenoxy) is 1. The first-order valence-corrected chi connectivity index (χ1v) is 9.61. The number of amides is 1. The van der Waals surface area contributed by atoms with Gasteiger partial charge in [0, 0.05) is 18.4 Å². The second-order valence-corrected chi connectivity index (χ2v) is 6.89. The predicted octanol–water partition coefficient (Wildman–Crippen LogP) is 2.68. The second kappa shape index (κ2) is 7.98. The van der Waals surface area contributed by atoms with Crippen LogP contribution >= 0.6 is 0 Å². The number of aryl methyl sites for hydroxylation is 1. The summed E-state index contributed by atoms with van der Waals surface area (Å²) in [4.78, 5) is 25.4. The van der Waals surface area contributed by atoms with Crippen molar-refractivity contribution in [1.82, 2.24) is 19.5 Å². The second-order valence-electron chi connectivity index (χ2n) is 6.89. The molecule has 0 radical (unpaired) electrons. The third kappa shape index (κ3) is 3.52. The molecule has 154 valence electrons. The molecule has 1 amide bonds. The van der Waals surface area contributed by atoms with Crippen LogP contribution < -0.4 is 15.6 Å². The molecule has 0 aliphatic heterocycles. The predicted molar refractivity (Wildman–Crippen MR) is 111 cm³/mol.